The first-order valence-electron chi connectivity index (χ1n) is 14.5. The van der Waals surface area contributed by atoms with E-state index in [0.717, 1.165) is 62.5 Å². The first kappa shape index (κ1) is 27.7. The SMILES string of the molecule is O=C(CCCCCCCCCCC(=O)N/N=C/c1ccc2c(c1)CCC2)N/N=C\c1ccc2c(c1)CCC2. The summed E-state index contributed by atoms with van der Waals surface area (Å²) in [5, 5.41) is 8.23. The Labute approximate surface area is 227 Å². The Kier molecular flexibility index (Phi) is 11.1. The van der Waals surface area contributed by atoms with Crippen LogP contribution < -0.4 is 10.9 Å². The second-order valence-corrected chi connectivity index (χ2v) is 10.7. The van der Waals surface area contributed by atoms with E-state index in [0.29, 0.717) is 12.8 Å². The Hall–Kier alpha value is -3.28. The number of hydrazone groups is 2. The summed E-state index contributed by atoms with van der Waals surface area (Å²) in [7, 11) is 0. The predicted molar refractivity (Wildman–Crippen MR) is 155 cm³/mol. The van der Waals surface area contributed by atoms with Crippen molar-refractivity contribution in [3.05, 3.63) is 69.8 Å². The molecule has 38 heavy (non-hydrogen) atoms. The summed E-state index contributed by atoms with van der Waals surface area (Å²) < 4.78 is 0. The highest BCUT2D eigenvalue weighted by Crippen LogP contribution is 2.23. The van der Waals surface area contributed by atoms with Crippen LogP contribution in [0.4, 0.5) is 0 Å². The highest BCUT2D eigenvalue weighted by molar-refractivity contribution is 5.83. The second kappa shape index (κ2) is 15.2. The van der Waals surface area contributed by atoms with Crippen molar-refractivity contribution in [3.8, 4) is 0 Å². The van der Waals surface area contributed by atoms with Gasteiger partial charge in [-0.05, 0) is 96.9 Å². The van der Waals surface area contributed by atoms with Crippen LogP contribution in [0.2, 0.25) is 0 Å². The van der Waals surface area contributed by atoms with Gasteiger partial charge in [0.05, 0.1) is 12.4 Å². The zero-order valence-corrected chi connectivity index (χ0v) is 22.6. The zero-order valence-electron chi connectivity index (χ0n) is 22.6. The molecule has 6 nitrogen and oxygen atoms in total. The third-order valence-electron chi connectivity index (χ3n) is 7.61. The molecule has 0 radical (unpaired) electrons. The number of unbranched alkanes of at least 4 members (excludes halogenated alkanes) is 7. The van der Waals surface area contributed by atoms with Crippen molar-refractivity contribution < 1.29 is 9.59 Å². The lowest BCUT2D eigenvalue weighted by atomic mass is 10.1. The van der Waals surface area contributed by atoms with E-state index in [1.807, 2.05) is 0 Å². The van der Waals surface area contributed by atoms with Crippen molar-refractivity contribution in [1.29, 1.82) is 0 Å². The van der Waals surface area contributed by atoms with E-state index < -0.39 is 0 Å². The maximum absolute atomic E-state index is 12.0. The van der Waals surface area contributed by atoms with Crippen LogP contribution in [-0.2, 0) is 35.3 Å². The van der Waals surface area contributed by atoms with Crippen LogP contribution in [0.25, 0.3) is 0 Å². The van der Waals surface area contributed by atoms with Gasteiger partial charge in [0.25, 0.3) is 0 Å². The normalized spacial score (nSPS) is 14.2. The third kappa shape index (κ3) is 9.23. The number of carbonyl (C=O) groups is 2. The number of hydrogen-bond acceptors (Lipinski definition) is 4. The third-order valence-corrected chi connectivity index (χ3v) is 7.61. The van der Waals surface area contributed by atoms with Gasteiger partial charge in [0.2, 0.25) is 11.8 Å². The number of rotatable bonds is 15. The summed E-state index contributed by atoms with van der Waals surface area (Å²) in [6.45, 7) is 0. The Morgan fingerprint density at radius 1 is 0.579 bits per heavy atom. The van der Waals surface area contributed by atoms with Gasteiger partial charge in [-0.15, -0.1) is 0 Å². The monoisotopic (exact) mass is 514 g/mol. The maximum Gasteiger partial charge on any atom is 0.240 e. The van der Waals surface area contributed by atoms with Gasteiger partial charge in [-0.25, -0.2) is 10.9 Å². The van der Waals surface area contributed by atoms with Gasteiger partial charge < -0.3 is 0 Å². The van der Waals surface area contributed by atoms with Crippen LogP contribution in [-0.4, -0.2) is 24.2 Å². The smallest absolute Gasteiger partial charge is 0.240 e. The van der Waals surface area contributed by atoms with Crippen molar-refractivity contribution in [3.63, 3.8) is 0 Å². The van der Waals surface area contributed by atoms with E-state index in [9.17, 15) is 9.59 Å². The first-order valence-corrected chi connectivity index (χ1v) is 14.5. The summed E-state index contributed by atoms with van der Waals surface area (Å²) in [6.07, 6.45) is 20.2. The van der Waals surface area contributed by atoms with Gasteiger partial charge in [-0.3, -0.25) is 9.59 Å². The summed E-state index contributed by atoms with van der Waals surface area (Å²) in [4.78, 5) is 24.0. The van der Waals surface area contributed by atoms with Gasteiger partial charge in [0.15, 0.2) is 0 Å². The van der Waals surface area contributed by atoms with Gasteiger partial charge in [-0.1, -0.05) is 62.8 Å². The van der Waals surface area contributed by atoms with Crippen LogP contribution in [0.5, 0.6) is 0 Å². The quantitative estimate of drug-likeness (QED) is 0.169. The molecule has 2 aliphatic rings. The van der Waals surface area contributed by atoms with E-state index in [1.165, 1.54) is 60.8 Å². The number of nitrogens with one attached hydrogen (secondary N) is 2. The number of amides is 2. The number of benzene rings is 2. The highest BCUT2D eigenvalue weighted by atomic mass is 16.2. The van der Waals surface area contributed by atoms with E-state index in [-0.39, 0.29) is 11.8 Å². The predicted octanol–water partition coefficient (Wildman–Crippen LogP) is 6.17. The molecule has 0 saturated carbocycles. The molecule has 2 aromatic carbocycles. The van der Waals surface area contributed by atoms with Crippen LogP contribution in [0.1, 0.15) is 110 Å². The minimum Gasteiger partial charge on any atom is -0.273 e. The lowest BCUT2D eigenvalue weighted by molar-refractivity contribution is -0.122. The number of aryl methyl sites for hydroxylation is 4. The van der Waals surface area contributed by atoms with E-state index >= 15 is 0 Å². The summed E-state index contributed by atoms with van der Waals surface area (Å²) in [6, 6.07) is 12.8. The lowest BCUT2D eigenvalue weighted by Crippen LogP contribution is -2.17. The van der Waals surface area contributed by atoms with E-state index in [4.69, 9.17) is 0 Å². The molecule has 0 spiro atoms. The number of fused-ring (bicyclic) bond motifs is 2. The summed E-state index contributed by atoms with van der Waals surface area (Å²) >= 11 is 0. The molecule has 0 saturated heterocycles. The molecule has 202 valence electrons. The molecule has 4 rings (SSSR count). The molecule has 2 amide bonds. The molecular weight excluding hydrogens is 472 g/mol. The molecule has 0 fully saturated rings. The number of nitrogens with zero attached hydrogens (tertiary/aromatic N) is 2. The fourth-order valence-corrected chi connectivity index (χ4v) is 5.45. The largest absolute Gasteiger partial charge is 0.273 e. The van der Waals surface area contributed by atoms with Gasteiger partial charge >= 0.3 is 0 Å². The van der Waals surface area contributed by atoms with Gasteiger partial charge in [0.1, 0.15) is 0 Å². The average Bonchev–Trinajstić information content (AvgIpc) is 3.58. The van der Waals surface area contributed by atoms with Crippen molar-refractivity contribution in [2.45, 2.75) is 103 Å². The maximum atomic E-state index is 12.0. The van der Waals surface area contributed by atoms with E-state index in [1.54, 1.807) is 12.4 Å². The minimum absolute atomic E-state index is 0.0164. The molecule has 2 aliphatic carbocycles. The van der Waals surface area contributed by atoms with Crippen LogP contribution >= 0.6 is 0 Å². The molecule has 0 bridgehead atoms. The van der Waals surface area contributed by atoms with Crippen LogP contribution in [0, 0.1) is 0 Å². The Balaban J connectivity index is 0.945. The molecule has 0 aromatic heterocycles. The molecule has 6 heteroatoms. The fourth-order valence-electron chi connectivity index (χ4n) is 5.45. The van der Waals surface area contributed by atoms with Crippen molar-refractivity contribution in [2.24, 2.45) is 10.2 Å². The van der Waals surface area contributed by atoms with Crippen molar-refractivity contribution >= 4 is 24.2 Å². The fraction of sp³-hybridized carbons (Fsp3) is 0.500. The second-order valence-electron chi connectivity index (χ2n) is 10.7. The van der Waals surface area contributed by atoms with Gasteiger partial charge in [0, 0.05) is 12.8 Å². The molecule has 2 aromatic rings. The molecular formula is C32H42N4O2. The van der Waals surface area contributed by atoms with E-state index in [2.05, 4.69) is 57.5 Å². The summed E-state index contributed by atoms with van der Waals surface area (Å²) in [5.74, 6) is -0.0328. The zero-order chi connectivity index (χ0) is 26.4. The Morgan fingerprint density at radius 3 is 1.42 bits per heavy atom. The Bertz CT molecular complexity index is 1050. The lowest BCUT2D eigenvalue weighted by Gasteiger charge is -2.03. The van der Waals surface area contributed by atoms with Crippen LogP contribution in [0.3, 0.4) is 0 Å². The minimum atomic E-state index is -0.0164. The molecule has 2 N–H and O–H groups in total. The first-order chi connectivity index (χ1) is 18.7. The molecule has 0 atom stereocenters. The molecule has 0 aliphatic heterocycles. The number of carbonyl (C=O) groups excluding carboxylic acids is 2. The standard InChI is InChI=1S/C32H42N4O2/c37-31(35-33-23-25-17-19-27-11-9-13-29(27)21-25)15-7-5-3-1-2-4-6-8-16-32(38)36-34-24-26-18-20-28-12-10-14-30(28)22-26/h17-24H,1-16H2,(H,35,37)(H,36,38)/b33-23-,34-24+. The van der Waals surface area contributed by atoms with Crippen LogP contribution in [0.15, 0.2) is 46.6 Å². The average molecular weight is 515 g/mol. The highest BCUT2D eigenvalue weighted by Gasteiger charge is 2.11. The molecule has 0 unspecified atom stereocenters. The van der Waals surface area contributed by atoms with Crippen molar-refractivity contribution in [2.75, 3.05) is 0 Å². The van der Waals surface area contributed by atoms with Crippen molar-refractivity contribution in [1.82, 2.24) is 10.9 Å². The number of hydrogen-bond donors (Lipinski definition) is 2. The Morgan fingerprint density at radius 2 is 0.974 bits per heavy atom. The van der Waals surface area contributed by atoms with Gasteiger partial charge in [-0.2, -0.15) is 10.2 Å². The summed E-state index contributed by atoms with van der Waals surface area (Å²) in [5.41, 5.74) is 13.1. The molecule has 0 heterocycles. The topological polar surface area (TPSA) is 82.9 Å².